The second-order valence-corrected chi connectivity index (χ2v) is 5.24. The van der Waals surface area contributed by atoms with E-state index in [1.807, 2.05) is 19.3 Å². The van der Waals surface area contributed by atoms with Gasteiger partial charge in [-0.3, -0.25) is 4.98 Å². The summed E-state index contributed by atoms with van der Waals surface area (Å²) in [5, 5.41) is 4.61. The summed E-state index contributed by atoms with van der Waals surface area (Å²) in [5.41, 5.74) is 4.93. The second kappa shape index (κ2) is 6.06. The molecule has 0 bridgehead atoms. The molecule has 106 valence electrons. The number of hydrogen-bond donors (Lipinski definition) is 1. The van der Waals surface area contributed by atoms with Crippen molar-refractivity contribution in [1.82, 2.24) is 10.3 Å². The second-order valence-electron chi connectivity index (χ2n) is 5.24. The zero-order valence-electron chi connectivity index (χ0n) is 12.5. The Hall–Kier alpha value is -2.19. The quantitative estimate of drug-likeness (QED) is 0.776. The zero-order chi connectivity index (χ0) is 14.7. The average molecular weight is 276 g/mol. The van der Waals surface area contributed by atoms with Crippen LogP contribution in [-0.2, 0) is 6.42 Å². The fourth-order valence-electron chi connectivity index (χ4n) is 2.81. The highest BCUT2D eigenvalue weighted by atomic mass is 14.9. The molecule has 0 radical (unpaired) electrons. The number of hydrogen-bond acceptors (Lipinski definition) is 2. The van der Waals surface area contributed by atoms with E-state index in [1.165, 1.54) is 22.1 Å². The van der Waals surface area contributed by atoms with Crippen molar-refractivity contribution in [3.05, 3.63) is 77.5 Å². The lowest BCUT2D eigenvalue weighted by Gasteiger charge is -2.19. The van der Waals surface area contributed by atoms with Gasteiger partial charge in [0.25, 0.3) is 0 Å². The summed E-state index contributed by atoms with van der Waals surface area (Å²) in [6.07, 6.45) is 2.93. The molecule has 3 aromatic rings. The van der Waals surface area contributed by atoms with Crippen LogP contribution in [0.4, 0.5) is 0 Å². The highest BCUT2D eigenvalue weighted by molar-refractivity contribution is 5.82. The number of benzene rings is 2. The third-order valence-corrected chi connectivity index (χ3v) is 3.98. The van der Waals surface area contributed by atoms with Crippen molar-refractivity contribution in [3.63, 3.8) is 0 Å². The van der Waals surface area contributed by atoms with Gasteiger partial charge in [-0.1, -0.05) is 55.5 Å². The van der Waals surface area contributed by atoms with Gasteiger partial charge in [0.15, 0.2) is 0 Å². The van der Waals surface area contributed by atoms with Crippen LogP contribution in [0.5, 0.6) is 0 Å². The molecule has 0 aliphatic heterocycles. The predicted octanol–water partition coefficient (Wildman–Crippen LogP) is 4.11. The molecule has 0 aliphatic carbocycles. The summed E-state index contributed by atoms with van der Waals surface area (Å²) < 4.78 is 0. The van der Waals surface area contributed by atoms with Crippen LogP contribution in [0.2, 0.25) is 0 Å². The standard InChI is InChI=1S/C19H20N2/c1-3-14-9-11-16(12-10-14)18(20-2)17-8-4-6-15-7-5-13-21-19(15)17/h4-13,18,20H,3H2,1-2H3. The van der Waals surface area contributed by atoms with Crippen molar-refractivity contribution in [1.29, 1.82) is 0 Å². The molecule has 21 heavy (non-hydrogen) atoms. The maximum atomic E-state index is 4.57. The first-order valence-electron chi connectivity index (χ1n) is 7.43. The predicted molar refractivity (Wildman–Crippen MR) is 88.5 cm³/mol. The zero-order valence-corrected chi connectivity index (χ0v) is 12.5. The van der Waals surface area contributed by atoms with Gasteiger partial charge in [0.05, 0.1) is 11.6 Å². The lowest BCUT2D eigenvalue weighted by Crippen LogP contribution is -2.18. The van der Waals surface area contributed by atoms with Crippen LogP contribution >= 0.6 is 0 Å². The van der Waals surface area contributed by atoms with E-state index in [0.29, 0.717) is 0 Å². The number of fused-ring (bicyclic) bond motifs is 1. The molecule has 3 rings (SSSR count). The van der Waals surface area contributed by atoms with E-state index in [4.69, 9.17) is 0 Å². The van der Waals surface area contributed by atoms with Crippen LogP contribution in [0.3, 0.4) is 0 Å². The first-order valence-corrected chi connectivity index (χ1v) is 7.43. The molecule has 0 fully saturated rings. The monoisotopic (exact) mass is 276 g/mol. The molecular weight excluding hydrogens is 256 g/mol. The molecule has 1 atom stereocenters. The molecule has 2 aromatic carbocycles. The van der Waals surface area contributed by atoms with E-state index in [-0.39, 0.29) is 6.04 Å². The summed E-state index contributed by atoms with van der Waals surface area (Å²) in [7, 11) is 2.00. The fraction of sp³-hybridized carbons (Fsp3) is 0.211. The van der Waals surface area contributed by atoms with Gasteiger partial charge in [-0.15, -0.1) is 0 Å². The number of para-hydroxylation sites is 1. The van der Waals surface area contributed by atoms with Crippen molar-refractivity contribution in [2.45, 2.75) is 19.4 Å². The van der Waals surface area contributed by atoms with E-state index >= 15 is 0 Å². The number of aromatic nitrogens is 1. The first-order chi connectivity index (χ1) is 10.3. The van der Waals surface area contributed by atoms with Gasteiger partial charge < -0.3 is 5.32 Å². The number of nitrogens with zero attached hydrogens (tertiary/aromatic N) is 1. The van der Waals surface area contributed by atoms with Gasteiger partial charge in [-0.25, -0.2) is 0 Å². The first kappa shape index (κ1) is 13.8. The molecule has 0 amide bonds. The fourth-order valence-corrected chi connectivity index (χ4v) is 2.81. The Bertz CT molecular complexity index is 727. The maximum absolute atomic E-state index is 4.57. The van der Waals surface area contributed by atoms with E-state index < -0.39 is 0 Å². The lowest BCUT2D eigenvalue weighted by atomic mass is 9.95. The highest BCUT2D eigenvalue weighted by Gasteiger charge is 2.15. The number of pyridine rings is 1. The van der Waals surface area contributed by atoms with Gasteiger partial charge in [0, 0.05) is 11.6 Å². The van der Waals surface area contributed by atoms with Crippen molar-refractivity contribution in [3.8, 4) is 0 Å². The van der Waals surface area contributed by atoms with Gasteiger partial charge in [0.1, 0.15) is 0 Å². The van der Waals surface area contributed by atoms with Gasteiger partial charge in [-0.05, 0) is 36.2 Å². The van der Waals surface area contributed by atoms with Crippen LogP contribution < -0.4 is 5.32 Å². The smallest absolute Gasteiger partial charge is 0.0753 e. The molecular formula is C19H20N2. The Balaban J connectivity index is 2.09. The van der Waals surface area contributed by atoms with Crippen LogP contribution in [-0.4, -0.2) is 12.0 Å². The summed E-state index contributed by atoms with van der Waals surface area (Å²) in [6.45, 7) is 2.18. The Morgan fingerprint density at radius 1 is 1.00 bits per heavy atom. The number of nitrogens with one attached hydrogen (secondary N) is 1. The minimum atomic E-state index is 0.162. The van der Waals surface area contributed by atoms with Crippen molar-refractivity contribution < 1.29 is 0 Å². The Morgan fingerprint density at radius 2 is 1.76 bits per heavy atom. The highest BCUT2D eigenvalue weighted by Crippen LogP contribution is 2.27. The molecule has 1 heterocycles. The number of rotatable bonds is 4. The summed E-state index contributed by atoms with van der Waals surface area (Å²) in [4.78, 5) is 4.57. The van der Waals surface area contributed by atoms with Crippen molar-refractivity contribution >= 4 is 10.9 Å². The Kier molecular flexibility index (Phi) is 3.98. The van der Waals surface area contributed by atoms with Gasteiger partial charge in [-0.2, -0.15) is 0 Å². The van der Waals surface area contributed by atoms with E-state index in [0.717, 1.165) is 11.9 Å². The molecule has 0 saturated heterocycles. The maximum Gasteiger partial charge on any atom is 0.0753 e. The molecule has 1 unspecified atom stereocenters. The lowest BCUT2D eigenvalue weighted by molar-refractivity contribution is 0.695. The molecule has 1 N–H and O–H groups in total. The topological polar surface area (TPSA) is 24.9 Å². The van der Waals surface area contributed by atoms with Crippen molar-refractivity contribution in [2.24, 2.45) is 0 Å². The minimum Gasteiger partial charge on any atom is -0.309 e. The Labute approximate surface area is 125 Å². The van der Waals surface area contributed by atoms with E-state index in [1.54, 1.807) is 0 Å². The molecule has 0 aliphatic rings. The molecule has 0 saturated carbocycles. The average Bonchev–Trinajstić information content (AvgIpc) is 2.56. The third-order valence-electron chi connectivity index (χ3n) is 3.98. The van der Waals surface area contributed by atoms with Crippen LogP contribution in [0.15, 0.2) is 60.8 Å². The molecule has 1 aromatic heterocycles. The summed E-state index contributed by atoms with van der Waals surface area (Å²) in [5.74, 6) is 0. The van der Waals surface area contributed by atoms with E-state index in [9.17, 15) is 0 Å². The molecule has 0 spiro atoms. The molecule has 2 heteroatoms. The Morgan fingerprint density at radius 3 is 2.48 bits per heavy atom. The van der Waals surface area contributed by atoms with Gasteiger partial charge in [0.2, 0.25) is 0 Å². The van der Waals surface area contributed by atoms with Crippen molar-refractivity contribution in [2.75, 3.05) is 7.05 Å². The van der Waals surface area contributed by atoms with Crippen LogP contribution in [0.1, 0.15) is 29.7 Å². The van der Waals surface area contributed by atoms with E-state index in [2.05, 4.69) is 65.8 Å². The number of aryl methyl sites for hydroxylation is 1. The normalized spacial score (nSPS) is 12.5. The van der Waals surface area contributed by atoms with Crippen LogP contribution in [0.25, 0.3) is 10.9 Å². The SMILES string of the molecule is CCc1ccc(C(NC)c2cccc3cccnc23)cc1. The summed E-state index contributed by atoms with van der Waals surface area (Å²) in [6, 6.07) is 19.5. The largest absolute Gasteiger partial charge is 0.309 e. The minimum absolute atomic E-state index is 0.162. The summed E-state index contributed by atoms with van der Waals surface area (Å²) >= 11 is 0. The van der Waals surface area contributed by atoms with Gasteiger partial charge >= 0.3 is 0 Å². The third kappa shape index (κ3) is 2.67. The van der Waals surface area contributed by atoms with Crippen LogP contribution in [0, 0.1) is 0 Å². The molecule has 2 nitrogen and oxygen atoms in total.